The number of aliphatic hydroxyl groups is 1. The second kappa shape index (κ2) is 5.89. The number of methoxy groups -OCH3 is 1. The van der Waals surface area contributed by atoms with E-state index in [0.717, 1.165) is 18.4 Å². The van der Waals surface area contributed by atoms with Crippen molar-refractivity contribution in [3.8, 4) is 0 Å². The fourth-order valence-electron chi connectivity index (χ4n) is 2.80. The molecule has 5 heteroatoms. The fraction of sp³-hybridized carbons (Fsp3) is 0.588. The van der Waals surface area contributed by atoms with Crippen molar-refractivity contribution in [2.24, 2.45) is 0 Å². The molecule has 0 saturated carbocycles. The number of carbonyl (C=O) groups excluding carboxylic acids is 1. The number of anilines is 1. The van der Waals surface area contributed by atoms with Gasteiger partial charge in [0.05, 0.1) is 24.0 Å². The largest absolute Gasteiger partial charge is 0.465 e. The van der Waals surface area contributed by atoms with E-state index in [-0.39, 0.29) is 0 Å². The van der Waals surface area contributed by atoms with Gasteiger partial charge in [-0.25, -0.2) is 4.79 Å². The summed E-state index contributed by atoms with van der Waals surface area (Å²) in [6, 6.07) is 5.51. The van der Waals surface area contributed by atoms with Crippen LogP contribution in [-0.4, -0.2) is 36.2 Å². The van der Waals surface area contributed by atoms with Crippen LogP contribution in [0, 0.1) is 0 Å². The maximum Gasteiger partial charge on any atom is 0.339 e. The van der Waals surface area contributed by atoms with Crippen molar-refractivity contribution in [1.82, 2.24) is 0 Å². The van der Waals surface area contributed by atoms with E-state index in [0.29, 0.717) is 17.8 Å². The first kappa shape index (κ1) is 16.8. The molecule has 1 atom stereocenters. The first-order chi connectivity index (χ1) is 10.2. The molecule has 22 heavy (non-hydrogen) atoms. The van der Waals surface area contributed by atoms with Gasteiger partial charge in [0.1, 0.15) is 0 Å². The van der Waals surface area contributed by atoms with Gasteiger partial charge in [-0.15, -0.1) is 0 Å². The van der Waals surface area contributed by atoms with Crippen molar-refractivity contribution < 1.29 is 19.4 Å². The Balaban J connectivity index is 2.40. The molecule has 1 N–H and O–H groups in total. The van der Waals surface area contributed by atoms with Gasteiger partial charge in [-0.05, 0) is 38.3 Å². The standard InChI is InChI=1S/C17H25NO4/c1-6-16(2,3)22-17(4,20)18-11-10-12-8-7-9-13(14(12)18)15(19)21-5/h7-9,20H,6,10-11H2,1-5H3. The fourth-order valence-corrected chi connectivity index (χ4v) is 2.80. The molecule has 0 aliphatic carbocycles. The molecule has 0 bridgehead atoms. The Kier molecular flexibility index (Phi) is 4.49. The summed E-state index contributed by atoms with van der Waals surface area (Å²) in [5.74, 6) is -1.90. The summed E-state index contributed by atoms with van der Waals surface area (Å²) in [4.78, 5) is 13.8. The van der Waals surface area contributed by atoms with Gasteiger partial charge in [-0.2, -0.15) is 0 Å². The van der Waals surface area contributed by atoms with Gasteiger partial charge in [-0.3, -0.25) is 0 Å². The highest BCUT2D eigenvalue weighted by molar-refractivity contribution is 5.97. The lowest BCUT2D eigenvalue weighted by molar-refractivity contribution is -0.246. The highest BCUT2D eigenvalue weighted by atomic mass is 16.7. The highest BCUT2D eigenvalue weighted by Gasteiger charge is 2.41. The van der Waals surface area contributed by atoms with Crippen LogP contribution < -0.4 is 4.90 Å². The third-order valence-electron chi connectivity index (χ3n) is 4.22. The van der Waals surface area contributed by atoms with E-state index in [2.05, 4.69) is 0 Å². The average Bonchev–Trinajstić information content (AvgIpc) is 2.90. The summed E-state index contributed by atoms with van der Waals surface area (Å²) < 4.78 is 10.8. The second-order valence-corrected chi connectivity index (χ2v) is 6.36. The summed E-state index contributed by atoms with van der Waals surface area (Å²) in [7, 11) is 1.36. The molecule has 0 fully saturated rings. The number of benzene rings is 1. The minimum absolute atomic E-state index is 0.408. The lowest BCUT2D eigenvalue weighted by Crippen LogP contribution is -2.52. The zero-order valence-corrected chi connectivity index (χ0v) is 14.0. The number of nitrogens with zero attached hydrogens (tertiary/aromatic N) is 1. The van der Waals surface area contributed by atoms with Crippen molar-refractivity contribution >= 4 is 11.7 Å². The number of fused-ring (bicyclic) bond motifs is 1. The van der Waals surface area contributed by atoms with Gasteiger partial charge in [0.25, 0.3) is 0 Å². The molecule has 0 aromatic heterocycles. The summed E-state index contributed by atoms with van der Waals surface area (Å²) >= 11 is 0. The normalized spacial score (nSPS) is 17.1. The van der Waals surface area contributed by atoms with Gasteiger partial charge < -0.3 is 19.5 Å². The van der Waals surface area contributed by atoms with Crippen molar-refractivity contribution in [2.45, 2.75) is 52.0 Å². The number of rotatable bonds is 5. The minimum Gasteiger partial charge on any atom is -0.465 e. The average molecular weight is 307 g/mol. The van der Waals surface area contributed by atoms with Gasteiger partial charge in [0.2, 0.25) is 5.91 Å². The maximum absolute atomic E-state index is 12.0. The predicted molar refractivity (Wildman–Crippen MR) is 84.9 cm³/mol. The second-order valence-electron chi connectivity index (χ2n) is 6.36. The van der Waals surface area contributed by atoms with Crippen LogP contribution in [0.3, 0.4) is 0 Å². The molecule has 122 valence electrons. The number of para-hydroxylation sites is 1. The molecule has 1 aromatic rings. The van der Waals surface area contributed by atoms with E-state index in [1.807, 2.05) is 32.9 Å². The molecule has 1 heterocycles. The Labute approximate surface area is 131 Å². The smallest absolute Gasteiger partial charge is 0.339 e. The molecular weight excluding hydrogens is 282 g/mol. The van der Waals surface area contributed by atoms with Crippen molar-refractivity contribution in [3.63, 3.8) is 0 Å². The zero-order chi connectivity index (χ0) is 16.5. The Hall–Kier alpha value is -1.59. The monoisotopic (exact) mass is 307 g/mol. The Morgan fingerprint density at radius 2 is 2.05 bits per heavy atom. The summed E-state index contributed by atoms with van der Waals surface area (Å²) in [5, 5.41) is 10.9. The maximum atomic E-state index is 12.0. The molecule has 1 unspecified atom stereocenters. The molecule has 2 rings (SSSR count). The minimum atomic E-state index is -1.49. The Morgan fingerprint density at radius 3 is 2.64 bits per heavy atom. The number of hydrogen-bond donors (Lipinski definition) is 1. The van der Waals surface area contributed by atoms with Crippen LogP contribution in [0.2, 0.25) is 0 Å². The first-order valence-electron chi connectivity index (χ1n) is 7.62. The Morgan fingerprint density at radius 1 is 1.36 bits per heavy atom. The van der Waals surface area contributed by atoms with Gasteiger partial charge >= 0.3 is 5.97 Å². The van der Waals surface area contributed by atoms with Crippen LogP contribution >= 0.6 is 0 Å². The Bertz CT molecular complexity index is 566. The third kappa shape index (κ3) is 3.10. The van der Waals surface area contributed by atoms with Gasteiger partial charge in [0, 0.05) is 13.5 Å². The van der Waals surface area contributed by atoms with E-state index in [1.54, 1.807) is 17.9 Å². The molecule has 1 aliphatic heterocycles. The molecule has 0 saturated heterocycles. The molecule has 0 spiro atoms. The van der Waals surface area contributed by atoms with E-state index < -0.39 is 17.5 Å². The first-order valence-corrected chi connectivity index (χ1v) is 7.62. The number of ether oxygens (including phenoxy) is 2. The van der Waals surface area contributed by atoms with Crippen LogP contribution in [0.1, 0.15) is 50.0 Å². The molecule has 0 radical (unpaired) electrons. The number of carbonyl (C=O) groups is 1. The zero-order valence-electron chi connectivity index (χ0n) is 14.0. The van der Waals surface area contributed by atoms with Crippen LogP contribution in [0.15, 0.2) is 18.2 Å². The van der Waals surface area contributed by atoms with Gasteiger partial charge in [0.15, 0.2) is 0 Å². The van der Waals surface area contributed by atoms with E-state index in [4.69, 9.17) is 9.47 Å². The number of hydrogen-bond acceptors (Lipinski definition) is 5. The molecule has 0 amide bonds. The SMILES string of the molecule is CCC(C)(C)OC(C)(O)N1CCc2cccc(C(=O)OC)c21. The molecule has 5 nitrogen and oxygen atoms in total. The lowest BCUT2D eigenvalue weighted by Gasteiger charge is -2.41. The van der Waals surface area contributed by atoms with Crippen molar-refractivity contribution in [3.05, 3.63) is 29.3 Å². The van der Waals surface area contributed by atoms with Crippen molar-refractivity contribution in [1.29, 1.82) is 0 Å². The summed E-state index contributed by atoms with van der Waals surface area (Å²) in [6.45, 7) is 8.09. The lowest BCUT2D eigenvalue weighted by atomic mass is 10.1. The van der Waals surface area contributed by atoms with Crippen LogP contribution in [0.5, 0.6) is 0 Å². The van der Waals surface area contributed by atoms with Crippen LogP contribution in [0.4, 0.5) is 5.69 Å². The summed E-state index contributed by atoms with van der Waals surface area (Å²) in [6.07, 6.45) is 1.52. The predicted octanol–water partition coefficient (Wildman–Crippen LogP) is 2.71. The van der Waals surface area contributed by atoms with E-state index in [1.165, 1.54) is 7.11 Å². The van der Waals surface area contributed by atoms with Crippen LogP contribution in [-0.2, 0) is 15.9 Å². The van der Waals surface area contributed by atoms with Gasteiger partial charge in [-0.1, -0.05) is 19.1 Å². The number of esters is 1. The van der Waals surface area contributed by atoms with Crippen LogP contribution in [0.25, 0.3) is 0 Å². The highest BCUT2D eigenvalue weighted by Crippen LogP contribution is 2.38. The topological polar surface area (TPSA) is 59.0 Å². The third-order valence-corrected chi connectivity index (χ3v) is 4.22. The molecular formula is C17H25NO4. The van der Waals surface area contributed by atoms with Crippen molar-refractivity contribution in [2.75, 3.05) is 18.6 Å². The van der Waals surface area contributed by atoms with E-state index in [9.17, 15) is 9.90 Å². The molecule has 1 aliphatic rings. The van der Waals surface area contributed by atoms with E-state index >= 15 is 0 Å². The summed E-state index contributed by atoms with van der Waals surface area (Å²) in [5.41, 5.74) is 1.70. The quantitative estimate of drug-likeness (QED) is 0.669. The molecule has 1 aromatic carbocycles.